The standard InChI is InChI=1S/C19H32N4O2S/c1-20-17(26)23-7-2-3-16(23)14-4-8-21(9-5-14)15-11-19(12-15)6-10-22(13-19)18(24)25/h14-16H,2-13H2,1H3,(H,20,26)(H,24,25)/t15?,16-,19?/m0/s1. The van der Waals surface area contributed by atoms with Gasteiger partial charge in [0.05, 0.1) is 0 Å². The summed E-state index contributed by atoms with van der Waals surface area (Å²) in [6.07, 6.45) is 7.80. The summed E-state index contributed by atoms with van der Waals surface area (Å²) in [7, 11) is 1.93. The molecule has 0 unspecified atom stereocenters. The number of amides is 1. The molecule has 0 aromatic heterocycles. The fourth-order valence-corrected chi connectivity index (χ4v) is 6.20. The van der Waals surface area contributed by atoms with Gasteiger partial charge >= 0.3 is 6.09 Å². The Kier molecular flexibility index (Phi) is 5.03. The Hall–Kier alpha value is -1.08. The van der Waals surface area contributed by atoms with Gasteiger partial charge in [-0.3, -0.25) is 0 Å². The Balaban J connectivity index is 1.25. The number of likely N-dealkylation sites (tertiary alicyclic amines) is 3. The van der Waals surface area contributed by atoms with Crippen LogP contribution in [-0.2, 0) is 0 Å². The van der Waals surface area contributed by atoms with Crippen LogP contribution in [0.3, 0.4) is 0 Å². The summed E-state index contributed by atoms with van der Waals surface area (Å²) in [5, 5.41) is 13.3. The third-order valence-corrected chi connectivity index (χ3v) is 7.89. The number of carboxylic acid groups (broad SMARTS) is 1. The minimum absolute atomic E-state index is 0.293. The van der Waals surface area contributed by atoms with Crippen molar-refractivity contribution < 1.29 is 9.90 Å². The van der Waals surface area contributed by atoms with Gasteiger partial charge in [-0.1, -0.05) is 0 Å². The minimum atomic E-state index is -0.744. The predicted molar refractivity (Wildman–Crippen MR) is 105 cm³/mol. The van der Waals surface area contributed by atoms with Gasteiger partial charge in [0.15, 0.2) is 5.11 Å². The SMILES string of the molecule is CNC(=S)N1CCC[C@H]1C1CCN(C2CC3(CCN(C(=O)O)C3)C2)CC1. The summed E-state index contributed by atoms with van der Waals surface area (Å²) < 4.78 is 0. The zero-order chi connectivity index (χ0) is 18.3. The molecule has 1 saturated carbocycles. The molecule has 7 heteroatoms. The quantitative estimate of drug-likeness (QED) is 0.717. The number of nitrogens with one attached hydrogen (secondary N) is 1. The van der Waals surface area contributed by atoms with Gasteiger partial charge in [-0.15, -0.1) is 0 Å². The highest BCUT2D eigenvalue weighted by Gasteiger charge is 2.51. The molecule has 3 aliphatic heterocycles. The van der Waals surface area contributed by atoms with Gasteiger partial charge in [0.1, 0.15) is 0 Å². The lowest BCUT2D eigenvalue weighted by Gasteiger charge is -2.52. The van der Waals surface area contributed by atoms with Crippen molar-refractivity contribution in [3.63, 3.8) is 0 Å². The second-order valence-corrected chi connectivity index (χ2v) is 9.23. The zero-order valence-electron chi connectivity index (χ0n) is 15.8. The number of hydrogen-bond acceptors (Lipinski definition) is 3. The van der Waals surface area contributed by atoms with Gasteiger partial charge in [0.2, 0.25) is 0 Å². The maximum absolute atomic E-state index is 11.2. The lowest BCUT2D eigenvalue weighted by molar-refractivity contribution is -0.0131. The average Bonchev–Trinajstić information content (AvgIpc) is 3.27. The van der Waals surface area contributed by atoms with E-state index in [1.165, 1.54) is 51.6 Å². The smallest absolute Gasteiger partial charge is 0.407 e. The van der Waals surface area contributed by atoms with Crippen LogP contribution in [0.4, 0.5) is 4.79 Å². The molecule has 1 spiro atoms. The molecular formula is C19H32N4O2S. The molecular weight excluding hydrogens is 348 g/mol. The van der Waals surface area contributed by atoms with E-state index >= 15 is 0 Å². The molecule has 4 aliphatic rings. The van der Waals surface area contributed by atoms with Crippen LogP contribution >= 0.6 is 12.2 Å². The summed E-state index contributed by atoms with van der Waals surface area (Å²) >= 11 is 5.50. The Morgan fingerprint density at radius 2 is 1.88 bits per heavy atom. The van der Waals surface area contributed by atoms with E-state index in [1.807, 2.05) is 7.05 Å². The van der Waals surface area contributed by atoms with Gasteiger partial charge in [0.25, 0.3) is 0 Å². The molecule has 0 aromatic rings. The summed E-state index contributed by atoms with van der Waals surface area (Å²) in [4.78, 5) is 17.9. The third kappa shape index (κ3) is 3.28. The average molecular weight is 381 g/mol. The fourth-order valence-electron chi connectivity index (χ4n) is 5.98. The van der Waals surface area contributed by atoms with Crippen molar-refractivity contribution in [2.75, 3.05) is 39.8 Å². The highest BCUT2D eigenvalue weighted by Crippen LogP contribution is 2.50. The Bertz CT molecular complexity index is 558. The van der Waals surface area contributed by atoms with Crippen LogP contribution in [0.1, 0.15) is 44.9 Å². The van der Waals surface area contributed by atoms with Crippen molar-refractivity contribution >= 4 is 23.4 Å². The number of thiocarbonyl (C=S) groups is 1. The second kappa shape index (κ2) is 7.15. The van der Waals surface area contributed by atoms with Gasteiger partial charge in [-0.25, -0.2) is 4.79 Å². The van der Waals surface area contributed by atoms with Crippen molar-refractivity contribution in [2.45, 2.75) is 57.0 Å². The normalized spacial score (nSPS) is 35.7. The number of piperidine rings is 1. The maximum atomic E-state index is 11.2. The number of rotatable bonds is 2. The molecule has 4 fully saturated rings. The van der Waals surface area contributed by atoms with Crippen molar-refractivity contribution in [3.8, 4) is 0 Å². The van der Waals surface area contributed by atoms with Crippen LogP contribution in [0, 0.1) is 11.3 Å². The predicted octanol–water partition coefficient (Wildman–Crippen LogP) is 2.20. The van der Waals surface area contributed by atoms with Crippen LogP contribution in [0.5, 0.6) is 0 Å². The molecule has 3 saturated heterocycles. The highest BCUT2D eigenvalue weighted by molar-refractivity contribution is 7.80. The largest absolute Gasteiger partial charge is 0.465 e. The van der Waals surface area contributed by atoms with Crippen molar-refractivity contribution in [1.82, 2.24) is 20.0 Å². The van der Waals surface area contributed by atoms with Gasteiger partial charge in [-0.05, 0) is 81.6 Å². The van der Waals surface area contributed by atoms with E-state index in [1.54, 1.807) is 4.90 Å². The maximum Gasteiger partial charge on any atom is 0.407 e. The van der Waals surface area contributed by atoms with Crippen LogP contribution < -0.4 is 5.32 Å². The van der Waals surface area contributed by atoms with E-state index in [9.17, 15) is 9.90 Å². The van der Waals surface area contributed by atoms with Crippen LogP contribution in [0.25, 0.3) is 0 Å². The first-order valence-electron chi connectivity index (χ1n) is 10.2. The molecule has 0 bridgehead atoms. The van der Waals surface area contributed by atoms with Crippen LogP contribution in [-0.4, -0.2) is 82.9 Å². The van der Waals surface area contributed by atoms with Crippen LogP contribution in [0.2, 0.25) is 0 Å². The Morgan fingerprint density at radius 3 is 2.50 bits per heavy atom. The number of carbonyl (C=O) groups is 1. The number of hydrogen-bond donors (Lipinski definition) is 2. The monoisotopic (exact) mass is 380 g/mol. The molecule has 3 heterocycles. The topological polar surface area (TPSA) is 59.0 Å². The van der Waals surface area contributed by atoms with Crippen molar-refractivity contribution in [3.05, 3.63) is 0 Å². The van der Waals surface area contributed by atoms with Gasteiger partial charge in [0, 0.05) is 38.8 Å². The highest BCUT2D eigenvalue weighted by atomic mass is 32.1. The van der Waals surface area contributed by atoms with E-state index in [4.69, 9.17) is 12.2 Å². The van der Waals surface area contributed by atoms with Crippen molar-refractivity contribution in [2.24, 2.45) is 11.3 Å². The molecule has 6 nitrogen and oxygen atoms in total. The molecule has 0 aromatic carbocycles. The lowest BCUT2D eigenvalue weighted by atomic mass is 9.64. The summed E-state index contributed by atoms with van der Waals surface area (Å²) in [5.74, 6) is 0.767. The molecule has 146 valence electrons. The van der Waals surface area contributed by atoms with E-state index in [0.29, 0.717) is 17.5 Å². The summed E-state index contributed by atoms with van der Waals surface area (Å²) in [6.45, 7) is 4.99. The first kappa shape index (κ1) is 18.3. The van der Waals surface area contributed by atoms with E-state index < -0.39 is 6.09 Å². The molecule has 1 aliphatic carbocycles. The van der Waals surface area contributed by atoms with Gasteiger partial charge in [-0.2, -0.15) is 0 Å². The Labute approximate surface area is 161 Å². The number of nitrogens with zero attached hydrogens (tertiary/aromatic N) is 3. The molecule has 1 atom stereocenters. The first-order chi connectivity index (χ1) is 12.5. The van der Waals surface area contributed by atoms with Crippen LogP contribution in [0.15, 0.2) is 0 Å². The van der Waals surface area contributed by atoms with E-state index in [0.717, 1.165) is 37.1 Å². The van der Waals surface area contributed by atoms with Gasteiger partial charge < -0.3 is 25.1 Å². The zero-order valence-corrected chi connectivity index (χ0v) is 16.6. The van der Waals surface area contributed by atoms with E-state index in [-0.39, 0.29) is 0 Å². The minimum Gasteiger partial charge on any atom is -0.465 e. The summed E-state index contributed by atoms with van der Waals surface area (Å²) in [5.41, 5.74) is 0.293. The lowest BCUT2D eigenvalue weighted by Crippen LogP contribution is -2.55. The Morgan fingerprint density at radius 1 is 1.15 bits per heavy atom. The first-order valence-corrected chi connectivity index (χ1v) is 10.6. The third-order valence-electron chi connectivity index (χ3n) is 7.45. The van der Waals surface area contributed by atoms with Crippen molar-refractivity contribution in [1.29, 1.82) is 0 Å². The molecule has 0 radical (unpaired) electrons. The molecule has 4 rings (SSSR count). The fraction of sp³-hybridized carbons (Fsp3) is 0.895. The molecule has 1 amide bonds. The molecule has 26 heavy (non-hydrogen) atoms. The second-order valence-electron chi connectivity index (χ2n) is 8.85. The van der Waals surface area contributed by atoms with E-state index in [2.05, 4.69) is 15.1 Å². The summed E-state index contributed by atoms with van der Waals surface area (Å²) in [6, 6.07) is 1.31. The molecule has 2 N–H and O–H groups in total.